The minimum Gasteiger partial charge on any atom is -0.356 e. The van der Waals surface area contributed by atoms with Gasteiger partial charge in [-0.2, -0.15) is 0 Å². The van der Waals surface area contributed by atoms with Gasteiger partial charge in [0, 0.05) is 19.1 Å². The van der Waals surface area contributed by atoms with E-state index in [0.717, 1.165) is 44.1 Å². The normalized spacial score (nSPS) is 26.6. The van der Waals surface area contributed by atoms with Crippen molar-refractivity contribution >= 4 is 39.8 Å². The minimum atomic E-state index is -2.83. The topological polar surface area (TPSA) is 70.6 Å². The van der Waals surface area contributed by atoms with Crippen molar-refractivity contribution in [3.05, 3.63) is 35.4 Å². The number of hydrogen-bond acceptors (Lipinski definition) is 3. The van der Waals surface area contributed by atoms with Crippen molar-refractivity contribution in [2.45, 2.75) is 51.0 Å². The average Bonchev–Trinajstić information content (AvgIpc) is 2.97. The van der Waals surface area contributed by atoms with Crippen LogP contribution in [0.4, 0.5) is 0 Å². The van der Waals surface area contributed by atoms with Gasteiger partial charge >= 0.3 is 0 Å². The summed E-state index contributed by atoms with van der Waals surface area (Å²) in [7, 11) is -2.83. The Morgan fingerprint density at radius 2 is 1.86 bits per heavy atom. The van der Waals surface area contributed by atoms with Gasteiger partial charge in [0.25, 0.3) is 0 Å². The van der Waals surface area contributed by atoms with E-state index in [1.165, 1.54) is 30.4 Å². The number of aliphatic imine (C=N–C) groups is 1. The van der Waals surface area contributed by atoms with Crippen molar-refractivity contribution in [2.75, 3.05) is 24.6 Å². The van der Waals surface area contributed by atoms with E-state index in [1.54, 1.807) is 0 Å². The number of benzene rings is 1. The molecule has 1 saturated heterocycles. The van der Waals surface area contributed by atoms with Gasteiger partial charge in [-0.25, -0.2) is 8.42 Å². The van der Waals surface area contributed by atoms with Crippen molar-refractivity contribution in [1.82, 2.24) is 10.6 Å². The molecule has 0 radical (unpaired) electrons. The molecule has 28 heavy (non-hydrogen) atoms. The number of hydrogen-bond donors (Lipinski definition) is 2. The Labute approximate surface area is 186 Å². The number of guanidine groups is 1. The van der Waals surface area contributed by atoms with Crippen LogP contribution in [0.1, 0.15) is 43.2 Å². The Balaban J connectivity index is 0.00000225. The highest BCUT2D eigenvalue weighted by molar-refractivity contribution is 14.0. The summed E-state index contributed by atoms with van der Waals surface area (Å²) in [5.74, 6) is 2.42. The molecule has 2 N–H and O–H groups in total. The van der Waals surface area contributed by atoms with Crippen molar-refractivity contribution in [3.63, 3.8) is 0 Å². The maximum atomic E-state index is 11.7. The summed E-state index contributed by atoms with van der Waals surface area (Å²) in [6, 6.07) is 9.09. The number of nitrogens with one attached hydrogen (secondary N) is 2. The molecule has 0 amide bonds. The molecule has 1 aromatic carbocycles. The first kappa shape index (κ1) is 21.9. The number of fused-ring (bicyclic) bond motifs is 1. The highest BCUT2D eigenvalue weighted by Crippen LogP contribution is 2.25. The van der Waals surface area contributed by atoms with Gasteiger partial charge in [-0.15, -0.1) is 24.0 Å². The molecule has 156 valence electrons. The summed E-state index contributed by atoms with van der Waals surface area (Å²) >= 11 is 0. The molecule has 0 aromatic heterocycles. The largest absolute Gasteiger partial charge is 0.356 e. The van der Waals surface area contributed by atoms with Gasteiger partial charge < -0.3 is 10.6 Å². The van der Waals surface area contributed by atoms with E-state index in [9.17, 15) is 8.42 Å². The van der Waals surface area contributed by atoms with E-state index in [4.69, 9.17) is 4.99 Å². The van der Waals surface area contributed by atoms with Crippen LogP contribution in [0, 0.1) is 11.8 Å². The molecule has 1 aliphatic heterocycles. The van der Waals surface area contributed by atoms with Gasteiger partial charge in [0.1, 0.15) is 0 Å². The second-order valence-corrected chi connectivity index (χ2v) is 10.7. The lowest BCUT2D eigenvalue weighted by Crippen LogP contribution is -2.47. The lowest BCUT2D eigenvalue weighted by molar-refractivity contribution is 0.314. The SMILES string of the molecule is I.O=S1(=O)CCC(CN=C(NCC2CCC2)NC2CCc3ccccc3C2)C1. The fourth-order valence-corrected chi connectivity index (χ4v) is 6.19. The molecule has 5 nitrogen and oxygen atoms in total. The summed E-state index contributed by atoms with van der Waals surface area (Å²) in [6.45, 7) is 1.57. The van der Waals surface area contributed by atoms with Crippen molar-refractivity contribution in [2.24, 2.45) is 16.8 Å². The van der Waals surface area contributed by atoms with E-state index in [-0.39, 0.29) is 29.9 Å². The third-order valence-corrected chi connectivity index (χ3v) is 8.14. The molecule has 2 atom stereocenters. The zero-order valence-corrected chi connectivity index (χ0v) is 19.5. The predicted octanol–water partition coefficient (Wildman–Crippen LogP) is 2.93. The highest BCUT2D eigenvalue weighted by Gasteiger charge is 2.28. The Morgan fingerprint density at radius 1 is 1.07 bits per heavy atom. The zero-order valence-electron chi connectivity index (χ0n) is 16.4. The summed E-state index contributed by atoms with van der Waals surface area (Å²) in [5, 5.41) is 7.16. The van der Waals surface area contributed by atoms with Crippen molar-refractivity contribution < 1.29 is 8.42 Å². The van der Waals surface area contributed by atoms with Crippen LogP contribution in [0.5, 0.6) is 0 Å². The second-order valence-electron chi connectivity index (χ2n) is 8.49. The molecule has 2 fully saturated rings. The highest BCUT2D eigenvalue weighted by atomic mass is 127. The van der Waals surface area contributed by atoms with Crippen LogP contribution in [0.2, 0.25) is 0 Å². The fraction of sp³-hybridized carbons (Fsp3) is 0.667. The van der Waals surface area contributed by atoms with Gasteiger partial charge in [-0.3, -0.25) is 4.99 Å². The molecule has 2 unspecified atom stereocenters. The van der Waals surface area contributed by atoms with Gasteiger partial charge in [0.15, 0.2) is 15.8 Å². The van der Waals surface area contributed by atoms with Crippen LogP contribution >= 0.6 is 24.0 Å². The van der Waals surface area contributed by atoms with Crippen molar-refractivity contribution in [1.29, 1.82) is 0 Å². The minimum absolute atomic E-state index is 0. The quantitative estimate of drug-likeness (QED) is 0.358. The lowest BCUT2D eigenvalue weighted by atomic mass is 9.85. The summed E-state index contributed by atoms with van der Waals surface area (Å²) in [4.78, 5) is 4.78. The summed E-state index contributed by atoms with van der Waals surface area (Å²) in [5.41, 5.74) is 2.90. The van der Waals surface area contributed by atoms with E-state index in [2.05, 4.69) is 34.9 Å². The maximum absolute atomic E-state index is 11.7. The smallest absolute Gasteiger partial charge is 0.191 e. The molecule has 7 heteroatoms. The third kappa shape index (κ3) is 5.84. The average molecular weight is 517 g/mol. The van der Waals surface area contributed by atoms with E-state index >= 15 is 0 Å². The number of nitrogens with zero attached hydrogens (tertiary/aromatic N) is 1. The van der Waals surface area contributed by atoms with Gasteiger partial charge in [0.2, 0.25) is 0 Å². The molecule has 2 aliphatic carbocycles. The van der Waals surface area contributed by atoms with E-state index in [1.807, 2.05) is 0 Å². The molecule has 0 spiro atoms. The van der Waals surface area contributed by atoms with Gasteiger partial charge in [-0.1, -0.05) is 30.7 Å². The molecule has 1 aromatic rings. The maximum Gasteiger partial charge on any atom is 0.191 e. The van der Waals surface area contributed by atoms with Gasteiger partial charge in [0.05, 0.1) is 11.5 Å². The van der Waals surface area contributed by atoms with Crippen LogP contribution in [0.15, 0.2) is 29.3 Å². The Kier molecular flexibility index (Phi) is 7.64. The zero-order chi connectivity index (χ0) is 18.7. The van der Waals surface area contributed by atoms with Crippen LogP contribution in [0.3, 0.4) is 0 Å². The molecule has 1 saturated carbocycles. The first-order valence-corrected chi connectivity index (χ1v) is 12.2. The first-order chi connectivity index (χ1) is 13.1. The number of halogens is 1. The van der Waals surface area contributed by atoms with E-state index < -0.39 is 9.84 Å². The van der Waals surface area contributed by atoms with Gasteiger partial charge in [-0.05, 0) is 61.5 Å². The second kappa shape index (κ2) is 9.78. The monoisotopic (exact) mass is 517 g/mol. The third-order valence-electron chi connectivity index (χ3n) is 6.30. The Hall–Kier alpha value is -0.830. The first-order valence-electron chi connectivity index (χ1n) is 10.4. The number of sulfone groups is 1. The predicted molar refractivity (Wildman–Crippen MR) is 125 cm³/mol. The number of aryl methyl sites for hydroxylation is 1. The van der Waals surface area contributed by atoms with Crippen LogP contribution in [-0.2, 0) is 22.7 Å². The Bertz CT molecular complexity index is 793. The summed E-state index contributed by atoms with van der Waals surface area (Å²) < 4.78 is 23.4. The van der Waals surface area contributed by atoms with Crippen LogP contribution < -0.4 is 10.6 Å². The fourth-order valence-electron chi connectivity index (χ4n) is 4.34. The summed E-state index contributed by atoms with van der Waals surface area (Å²) in [6.07, 6.45) is 7.93. The molecular formula is C21H32IN3O2S. The molecule has 1 heterocycles. The molecule has 4 rings (SSSR count). The van der Waals surface area contributed by atoms with Crippen molar-refractivity contribution in [3.8, 4) is 0 Å². The molecular weight excluding hydrogens is 485 g/mol. The standard InChI is InChI=1S/C21H31N3O2S.HI/c25-27(26)11-10-17(15-27)14-23-21(22-13-16-4-3-5-16)24-20-9-8-18-6-1-2-7-19(18)12-20;/h1-2,6-7,16-17,20H,3-5,8-15H2,(H2,22,23,24);1H. The van der Waals surface area contributed by atoms with Crippen LogP contribution in [0.25, 0.3) is 0 Å². The van der Waals surface area contributed by atoms with E-state index in [0.29, 0.717) is 24.1 Å². The number of rotatable bonds is 5. The Morgan fingerprint density at radius 3 is 2.54 bits per heavy atom. The van der Waals surface area contributed by atoms with Crippen LogP contribution in [-0.4, -0.2) is 45.0 Å². The lowest BCUT2D eigenvalue weighted by Gasteiger charge is -2.30. The molecule has 3 aliphatic rings. The molecule has 0 bridgehead atoms.